The van der Waals surface area contributed by atoms with Crippen molar-refractivity contribution in [2.24, 2.45) is 4.99 Å². The molecule has 0 N–H and O–H groups in total. The number of hydrogen-bond donors (Lipinski definition) is 0. The Morgan fingerprint density at radius 3 is 2.67 bits per heavy atom. The molecule has 0 radical (unpaired) electrons. The molecular formula is C15H12ClFN2O2. The summed E-state index contributed by atoms with van der Waals surface area (Å²) in [6.45, 7) is 1.92. The van der Waals surface area contributed by atoms with E-state index < -0.39 is 11.4 Å². The summed E-state index contributed by atoms with van der Waals surface area (Å²) in [7, 11) is 1.27. The van der Waals surface area contributed by atoms with Crippen molar-refractivity contribution >= 4 is 28.7 Å². The number of methoxy groups -OCH3 is 1. The number of aromatic nitrogens is 1. The Hall–Kier alpha value is -2.27. The van der Waals surface area contributed by atoms with Gasteiger partial charge in [0.2, 0.25) is 0 Å². The number of halogens is 2. The standard InChI is InChI=1S/C15H12ClFN2O2/c1-9-3-4-13(18-8-9)10-5-11(14(20)21-2)7-12(6-10)19-15(16)17/h3-8H,1-2H3. The summed E-state index contributed by atoms with van der Waals surface area (Å²) in [6.07, 6.45) is 1.70. The van der Waals surface area contributed by atoms with Crippen molar-refractivity contribution in [1.82, 2.24) is 4.98 Å². The van der Waals surface area contributed by atoms with E-state index in [0.29, 0.717) is 11.3 Å². The Kier molecular flexibility index (Phi) is 4.65. The van der Waals surface area contributed by atoms with E-state index in [1.54, 1.807) is 24.4 Å². The molecule has 0 aliphatic carbocycles. The molecule has 1 aromatic heterocycles. The van der Waals surface area contributed by atoms with Crippen molar-refractivity contribution < 1.29 is 13.9 Å². The number of hydrogen-bond acceptors (Lipinski definition) is 4. The highest BCUT2D eigenvalue weighted by atomic mass is 35.5. The zero-order chi connectivity index (χ0) is 15.4. The van der Waals surface area contributed by atoms with E-state index in [9.17, 15) is 9.18 Å². The summed E-state index contributed by atoms with van der Waals surface area (Å²) in [5.41, 5.74) is 1.61. The molecule has 0 amide bonds. The third kappa shape index (κ3) is 3.86. The van der Waals surface area contributed by atoms with Gasteiger partial charge < -0.3 is 4.74 Å². The van der Waals surface area contributed by atoms with Gasteiger partial charge in [-0.2, -0.15) is 4.39 Å². The van der Waals surface area contributed by atoms with Gasteiger partial charge in [0.25, 0.3) is 5.42 Å². The Morgan fingerprint density at radius 2 is 2.10 bits per heavy atom. The van der Waals surface area contributed by atoms with Gasteiger partial charge in [0.05, 0.1) is 24.1 Å². The van der Waals surface area contributed by atoms with Crippen LogP contribution in [0.4, 0.5) is 10.1 Å². The first-order valence-electron chi connectivity index (χ1n) is 6.05. The molecule has 108 valence electrons. The minimum absolute atomic E-state index is 0.211. The van der Waals surface area contributed by atoms with Crippen molar-refractivity contribution in [3.63, 3.8) is 0 Å². The monoisotopic (exact) mass is 306 g/mol. The Bertz CT molecular complexity index is 695. The third-order valence-electron chi connectivity index (χ3n) is 2.76. The average Bonchev–Trinajstić information content (AvgIpc) is 2.46. The van der Waals surface area contributed by atoms with Crippen LogP contribution in [0, 0.1) is 6.92 Å². The van der Waals surface area contributed by atoms with Crippen LogP contribution in [0.3, 0.4) is 0 Å². The van der Waals surface area contributed by atoms with Gasteiger partial charge in [-0.05, 0) is 48.4 Å². The second-order valence-electron chi connectivity index (χ2n) is 4.33. The van der Waals surface area contributed by atoms with Crippen molar-refractivity contribution in [2.45, 2.75) is 6.92 Å². The summed E-state index contributed by atoms with van der Waals surface area (Å²) in [4.78, 5) is 19.5. The van der Waals surface area contributed by atoms with Crippen molar-refractivity contribution in [1.29, 1.82) is 0 Å². The van der Waals surface area contributed by atoms with Gasteiger partial charge in [-0.25, -0.2) is 9.79 Å². The van der Waals surface area contributed by atoms with Crippen LogP contribution in [-0.2, 0) is 4.74 Å². The van der Waals surface area contributed by atoms with Crippen LogP contribution >= 0.6 is 11.6 Å². The zero-order valence-electron chi connectivity index (χ0n) is 11.4. The first-order chi connectivity index (χ1) is 9.99. The zero-order valence-corrected chi connectivity index (χ0v) is 12.2. The summed E-state index contributed by atoms with van der Waals surface area (Å²) < 4.78 is 17.4. The maximum Gasteiger partial charge on any atom is 0.337 e. The first kappa shape index (κ1) is 15.1. The van der Waals surface area contributed by atoms with E-state index in [-0.39, 0.29) is 11.3 Å². The molecule has 0 aliphatic heterocycles. The highest BCUT2D eigenvalue weighted by Gasteiger charge is 2.11. The number of carbonyl (C=O) groups is 1. The van der Waals surface area contributed by atoms with Crippen LogP contribution in [0.25, 0.3) is 11.3 Å². The smallest absolute Gasteiger partial charge is 0.337 e. The predicted octanol–water partition coefficient (Wildman–Crippen LogP) is 4.04. The molecule has 2 aromatic rings. The van der Waals surface area contributed by atoms with E-state index in [2.05, 4.69) is 14.7 Å². The minimum Gasteiger partial charge on any atom is -0.465 e. The van der Waals surface area contributed by atoms with E-state index in [1.807, 2.05) is 13.0 Å². The molecule has 0 fully saturated rings. The molecule has 0 bridgehead atoms. The van der Waals surface area contributed by atoms with E-state index in [4.69, 9.17) is 11.6 Å². The molecule has 1 aromatic carbocycles. The normalized spacial score (nSPS) is 11.3. The minimum atomic E-state index is -1.11. The lowest BCUT2D eigenvalue weighted by Gasteiger charge is -2.06. The number of aryl methyl sites for hydroxylation is 1. The lowest BCUT2D eigenvalue weighted by atomic mass is 10.1. The summed E-state index contributed by atoms with van der Waals surface area (Å²) in [5, 5.41) is 0. The van der Waals surface area contributed by atoms with Crippen LogP contribution in [0.2, 0.25) is 0 Å². The molecule has 0 atom stereocenters. The fourth-order valence-corrected chi connectivity index (χ4v) is 1.89. The van der Waals surface area contributed by atoms with Crippen LogP contribution in [0.1, 0.15) is 15.9 Å². The van der Waals surface area contributed by atoms with E-state index in [0.717, 1.165) is 5.56 Å². The second kappa shape index (κ2) is 6.45. The molecule has 2 rings (SSSR count). The second-order valence-corrected chi connectivity index (χ2v) is 4.65. The topological polar surface area (TPSA) is 51.5 Å². The SMILES string of the molecule is COC(=O)c1cc(N=C(F)Cl)cc(-c2ccc(C)cn2)c1. The lowest BCUT2D eigenvalue weighted by molar-refractivity contribution is 0.0601. The molecule has 21 heavy (non-hydrogen) atoms. The van der Waals surface area contributed by atoms with Gasteiger partial charge >= 0.3 is 5.97 Å². The molecule has 0 aliphatic rings. The van der Waals surface area contributed by atoms with Gasteiger partial charge in [0.15, 0.2) is 0 Å². The average molecular weight is 307 g/mol. The summed E-state index contributed by atoms with van der Waals surface area (Å²) in [5.74, 6) is -0.546. The van der Waals surface area contributed by atoms with Crippen LogP contribution < -0.4 is 0 Å². The molecule has 0 saturated heterocycles. The fraction of sp³-hybridized carbons (Fsp3) is 0.133. The summed E-state index contributed by atoms with van der Waals surface area (Å²) in [6, 6.07) is 8.28. The number of nitrogens with zero attached hydrogens (tertiary/aromatic N) is 2. The molecule has 0 saturated carbocycles. The quantitative estimate of drug-likeness (QED) is 0.635. The number of aliphatic imine (C=N–C) groups is 1. The molecule has 0 spiro atoms. The van der Waals surface area contributed by atoms with Gasteiger partial charge in [0.1, 0.15) is 0 Å². The maximum atomic E-state index is 12.8. The summed E-state index contributed by atoms with van der Waals surface area (Å²) >= 11 is 5.15. The maximum absolute atomic E-state index is 12.8. The van der Waals surface area contributed by atoms with Crippen LogP contribution in [0.5, 0.6) is 0 Å². The molecule has 6 heteroatoms. The van der Waals surface area contributed by atoms with Gasteiger partial charge in [-0.3, -0.25) is 4.98 Å². The largest absolute Gasteiger partial charge is 0.465 e. The van der Waals surface area contributed by atoms with Crippen molar-refractivity contribution in [3.8, 4) is 11.3 Å². The Balaban J connectivity index is 2.56. The molecular weight excluding hydrogens is 295 g/mol. The van der Waals surface area contributed by atoms with Gasteiger partial charge in [-0.15, -0.1) is 0 Å². The number of rotatable bonds is 3. The number of carbonyl (C=O) groups excluding carboxylic acids is 1. The first-order valence-corrected chi connectivity index (χ1v) is 6.43. The number of esters is 1. The fourth-order valence-electron chi connectivity index (χ4n) is 1.80. The van der Waals surface area contributed by atoms with Crippen LogP contribution in [-0.4, -0.2) is 23.5 Å². The highest BCUT2D eigenvalue weighted by molar-refractivity contribution is 6.62. The van der Waals surface area contributed by atoms with Crippen molar-refractivity contribution in [3.05, 3.63) is 47.7 Å². The number of pyridine rings is 1. The number of benzene rings is 1. The van der Waals surface area contributed by atoms with Crippen LogP contribution in [0.15, 0.2) is 41.5 Å². The third-order valence-corrected chi connectivity index (χ3v) is 2.84. The van der Waals surface area contributed by atoms with Crippen molar-refractivity contribution in [2.75, 3.05) is 7.11 Å². The number of ether oxygens (including phenoxy) is 1. The molecule has 1 heterocycles. The lowest BCUT2D eigenvalue weighted by Crippen LogP contribution is -2.01. The Morgan fingerprint density at radius 1 is 1.33 bits per heavy atom. The highest BCUT2D eigenvalue weighted by Crippen LogP contribution is 2.26. The Labute approximate surface area is 126 Å². The predicted molar refractivity (Wildman–Crippen MR) is 79.8 cm³/mol. The van der Waals surface area contributed by atoms with Gasteiger partial charge in [0, 0.05) is 11.8 Å². The molecule has 0 unspecified atom stereocenters. The van der Waals surface area contributed by atoms with E-state index in [1.165, 1.54) is 13.2 Å². The van der Waals surface area contributed by atoms with Gasteiger partial charge in [-0.1, -0.05) is 6.07 Å². The van der Waals surface area contributed by atoms with E-state index >= 15 is 0 Å². The molecule has 4 nitrogen and oxygen atoms in total.